The number of pyridine rings is 1. The molecule has 0 radical (unpaired) electrons. The number of benzene rings is 1. The van der Waals surface area contributed by atoms with Crippen molar-refractivity contribution in [2.45, 2.75) is 13.8 Å². The van der Waals surface area contributed by atoms with Crippen LogP contribution in [0.3, 0.4) is 0 Å². The van der Waals surface area contributed by atoms with Crippen molar-refractivity contribution in [1.82, 2.24) is 15.1 Å². The Labute approximate surface area is 161 Å². The fourth-order valence-electron chi connectivity index (χ4n) is 2.34. The number of nitrogens with zero attached hydrogens (tertiary/aromatic N) is 4. The van der Waals surface area contributed by atoms with Crippen LogP contribution in [0, 0.1) is 24.0 Å². The van der Waals surface area contributed by atoms with Crippen molar-refractivity contribution >= 4 is 40.5 Å². The molecule has 0 aliphatic carbocycles. The first-order valence-corrected chi connectivity index (χ1v) is 8.17. The van der Waals surface area contributed by atoms with Crippen molar-refractivity contribution in [2.75, 3.05) is 0 Å². The predicted octanol–water partition coefficient (Wildman–Crippen LogP) is 4.99. The van der Waals surface area contributed by atoms with E-state index in [0.717, 1.165) is 6.07 Å². The number of hydrogen-bond donors (Lipinski definition) is 1. The van der Waals surface area contributed by atoms with E-state index in [1.165, 1.54) is 6.07 Å². The van der Waals surface area contributed by atoms with Crippen LogP contribution in [0.5, 0.6) is 5.75 Å². The van der Waals surface area contributed by atoms with E-state index in [1.54, 1.807) is 13.8 Å². The fraction of sp³-hybridized carbons (Fsp3) is 0.133. The maximum Gasteiger partial charge on any atom is 0.292 e. The number of hydrogen-bond acceptors (Lipinski definition) is 7. The Morgan fingerprint density at radius 1 is 1.15 bits per heavy atom. The maximum atomic E-state index is 11.0. The Kier molecular flexibility index (Phi) is 4.74. The highest BCUT2D eigenvalue weighted by Crippen LogP contribution is 2.39. The summed E-state index contributed by atoms with van der Waals surface area (Å²) in [5, 5.41) is 24.8. The molecule has 2 heterocycles. The van der Waals surface area contributed by atoms with Crippen LogP contribution in [-0.2, 0) is 0 Å². The predicted molar refractivity (Wildman–Crippen MR) is 95.8 cm³/mol. The minimum absolute atomic E-state index is 0.0674. The molecule has 1 aromatic carbocycles. The molecule has 3 aromatic rings. The summed E-state index contributed by atoms with van der Waals surface area (Å²) in [4.78, 5) is 18.6. The van der Waals surface area contributed by atoms with E-state index in [1.807, 2.05) is 0 Å². The first-order valence-electron chi connectivity index (χ1n) is 7.04. The van der Waals surface area contributed by atoms with Crippen LogP contribution < -0.4 is 0 Å². The zero-order valence-corrected chi connectivity index (χ0v) is 15.5. The molecule has 11 heteroatoms. The molecule has 0 aliphatic rings. The summed E-state index contributed by atoms with van der Waals surface area (Å²) in [7, 11) is 0. The molecule has 0 fully saturated rings. The summed E-state index contributed by atoms with van der Waals surface area (Å²) in [6.07, 6.45) is 0. The molecule has 0 bridgehead atoms. The quantitative estimate of drug-likeness (QED) is 0.364. The Balaban J connectivity index is 2.13. The van der Waals surface area contributed by atoms with Gasteiger partial charge in [-0.3, -0.25) is 10.1 Å². The van der Waals surface area contributed by atoms with E-state index in [-0.39, 0.29) is 27.5 Å². The molecule has 8 nitrogen and oxygen atoms in total. The zero-order valence-electron chi connectivity index (χ0n) is 13.2. The van der Waals surface area contributed by atoms with Crippen LogP contribution in [0.25, 0.3) is 22.8 Å². The number of phenolic OH excluding ortho intramolecular Hbond substituents is 1. The molecule has 0 unspecified atom stereocenters. The highest BCUT2D eigenvalue weighted by Gasteiger charge is 2.23. The average Bonchev–Trinajstić information content (AvgIpc) is 3.04. The van der Waals surface area contributed by atoms with Gasteiger partial charge in [-0.25, -0.2) is 4.98 Å². The third-order valence-electron chi connectivity index (χ3n) is 3.62. The van der Waals surface area contributed by atoms with Crippen LogP contribution in [0.2, 0.25) is 15.2 Å². The molecule has 2 aromatic heterocycles. The summed E-state index contributed by atoms with van der Waals surface area (Å²) in [6, 6.07) is 2.30. The third kappa shape index (κ3) is 3.07. The van der Waals surface area contributed by atoms with Gasteiger partial charge in [0.2, 0.25) is 5.82 Å². The fourth-order valence-corrected chi connectivity index (χ4v) is 3.01. The zero-order chi connectivity index (χ0) is 19.2. The lowest BCUT2D eigenvalue weighted by Crippen LogP contribution is -1.95. The highest BCUT2D eigenvalue weighted by molar-refractivity contribution is 6.35. The monoisotopic (exact) mass is 414 g/mol. The molecule has 26 heavy (non-hydrogen) atoms. The smallest absolute Gasteiger partial charge is 0.292 e. The summed E-state index contributed by atoms with van der Waals surface area (Å²) in [5.41, 5.74) is 1.18. The van der Waals surface area contributed by atoms with Crippen molar-refractivity contribution in [3.63, 3.8) is 0 Å². The minimum atomic E-state index is -0.729. The molecule has 0 amide bonds. The van der Waals surface area contributed by atoms with Gasteiger partial charge in [0.25, 0.3) is 11.6 Å². The highest BCUT2D eigenvalue weighted by atomic mass is 35.5. The Bertz CT molecular complexity index is 1050. The van der Waals surface area contributed by atoms with E-state index >= 15 is 0 Å². The van der Waals surface area contributed by atoms with Crippen molar-refractivity contribution in [2.24, 2.45) is 0 Å². The maximum absolute atomic E-state index is 11.0. The number of nitro benzene ring substituents is 1. The lowest BCUT2D eigenvalue weighted by atomic mass is 10.1. The van der Waals surface area contributed by atoms with Gasteiger partial charge < -0.3 is 9.63 Å². The summed E-state index contributed by atoms with van der Waals surface area (Å²) in [5.74, 6) is -0.443. The van der Waals surface area contributed by atoms with Crippen LogP contribution in [-0.4, -0.2) is 25.2 Å². The Morgan fingerprint density at radius 3 is 2.50 bits per heavy atom. The third-order valence-corrected chi connectivity index (χ3v) is 4.84. The molecule has 0 saturated heterocycles. The number of aromatic nitrogens is 3. The normalized spacial score (nSPS) is 11.0. The molecule has 1 N–H and O–H groups in total. The average molecular weight is 416 g/mol. The number of nitro groups is 1. The number of aromatic hydroxyl groups is 1. The Hall–Kier alpha value is -2.42. The molecule has 0 saturated carbocycles. The van der Waals surface area contributed by atoms with Crippen LogP contribution >= 0.6 is 34.8 Å². The molecule has 134 valence electrons. The molecular weight excluding hydrogens is 407 g/mol. The van der Waals surface area contributed by atoms with E-state index in [4.69, 9.17) is 39.3 Å². The van der Waals surface area contributed by atoms with Gasteiger partial charge in [0.15, 0.2) is 5.02 Å². The lowest BCUT2D eigenvalue weighted by molar-refractivity contribution is -0.384. The number of rotatable bonds is 3. The largest absolute Gasteiger partial charge is 0.506 e. The summed E-state index contributed by atoms with van der Waals surface area (Å²) >= 11 is 18.1. The van der Waals surface area contributed by atoms with Crippen molar-refractivity contribution in [3.05, 3.63) is 48.7 Å². The van der Waals surface area contributed by atoms with Gasteiger partial charge in [0.1, 0.15) is 10.9 Å². The van der Waals surface area contributed by atoms with E-state index in [0.29, 0.717) is 21.8 Å². The van der Waals surface area contributed by atoms with Gasteiger partial charge in [-0.2, -0.15) is 4.98 Å². The summed E-state index contributed by atoms with van der Waals surface area (Å²) in [6.45, 7) is 3.44. The molecule has 3 rings (SSSR count). The molecule has 0 atom stereocenters. The number of aryl methyl sites for hydroxylation is 1. The van der Waals surface area contributed by atoms with Crippen LogP contribution in [0.15, 0.2) is 16.7 Å². The van der Waals surface area contributed by atoms with Crippen LogP contribution in [0.1, 0.15) is 11.3 Å². The second-order valence-corrected chi connectivity index (χ2v) is 6.42. The van der Waals surface area contributed by atoms with Crippen molar-refractivity contribution < 1.29 is 14.6 Å². The van der Waals surface area contributed by atoms with Gasteiger partial charge in [0, 0.05) is 6.07 Å². The van der Waals surface area contributed by atoms with E-state index < -0.39 is 16.4 Å². The topological polar surface area (TPSA) is 115 Å². The first-order chi connectivity index (χ1) is 12.2. The van der Waals surface area contributed by atoms with Gasteiger partial charge >= 0.3 is 0 Å². The molecule has 0 aliphatic heterocycles. The Morgan fingerprint density at radius 2 is 1.85 bits per heavy atom. The second-order valence-electron chi connectivity index (χ2n) is 5.31. The number of halogens is 3. The number of phenols is 1. The SMILES string of the molecule is Cc1nc(Cl)c(-c2noc(-c3cc(O)c(Cl)c([N+](=O)[O-])c3)n2)c(C)c1Cl. The van der Waals surface area contributed by atoms with Crippen molar-refractivity contribution in [1.29, 1.82) is 0 Å². The van der Waals surface area contributed by atoms with E-state index in [2.05, 4.69) is 15.1 Å². The summed E-state index contributed by atoms with van der Waals surface area (Å²) < 4.78 is 5.15. The molecule has 0 spiro atoms. The minimum Gasteiger partial charge on any atom is -0.506 e. The van der Waals surface area contributed by atoms with Gasteiger partial charge in [0.05, 0.1) is 26.8 Å². The van der Waals surface area contributed by atoms with Crippen LogP contribution in [0.4, 0.5) is 5.69 Å². The van der Waals surface area contributed by atoms with Gasteiger partial charge in [-0.05, 0) is 25.5 Å². The van der Waals surface area contributed by atoms with Gasteiger partial charge in [-0.15, -0.1) is 0 Å². The van der Waals surface area contributed by atoms with Gasteiger partial charge in [-0.1, -0.05) is 40.0 Å². The standard InChI is InChI=1S/C15H9Cl3N4O4/c1-5-10(13(18)19-6(2)11(5)16)14-20-15(26-21-14)7-3-8(22(24)25)12(17)9(23)4-7/h3-4,23H,1-2H3. The lowest BCUT2D eigenvalue weighted by Gasteiger charge is -2.07. The van der Waals surface area contributed by atoms with E-state index in [9.17, 15) is 15.2 Å². The second kappa shape index (κ2) is 6.71. The molecular formula is C15H9Cl3N4O4. The first kappa shape index (κ1) is 18.4. The van der Waals surface area contributed by atoms with Crippen molar-refractivity contribution in [3.8, 4) is 28.6 Å².